The van der Waals surface area contributed by atoms with Gasteiger partial charge in [-0.05, 0) is 21.5 Å². The highest BCUT2D eigenvalue weighted by Crippen LogP contribution is 2.37. The van der Waals surface area contributed by atoms with Crippen LogP contribution in [-0.4, -0.2) is 21.5 Å². The van der Waals surface area contributed by atoms with Crippen molar-refractivity contribution in [3.05, 3.63) is 72.5 Å². The number of hydrogen-bond donors (Lipinski definition) is 0. The van der Waals surface area contributed by atoms with Gasteiger partial charge in [0.1, 0.15) is 5.76 Å². The maximum atomic E-state index is 6.80. The lowest BCUT2D eigenvalue weighted by Crippen LogP contribution is -2.66. The summed E-state index contributed by atoms with van der Waals surface area (Å²) in [5.74, 6) is 0.975. The van der Waals surface area contributed by atoms with Crippen LogP contribution in [0.2, 0.25) is 5.04 Å². The van der Waals surface area contributed by atoms with E-state index in [0.717, 1.165) is 18.8 Å². The fourth-order valence-corrected chi connectivity index (χ4v) is 8.02. The normalized spacial score (nSPS) is 15.0. The minimum atomic E-state index is -2.44. The minimum Gasteiger partial charge on any atom is -0.496 e. The van der Waals surface area contributed by atoms with Crippen molar-refractivity contribution in [2.75, 3.05) is 13.2 Å². The van der Waals surface area contributed by atoms with Crippen molar-refractivity contribution in [3.8, 4) is 0 Å². The molecule has 0 N–H and O–H groups in total. The van der Waals surface area contributed by atoms with Crippen LogP contribution in [0.3, 0.4) is 0 Å². The van der Waals surface area contributed by atoms with Crippen LogP contribution in [0.25, 0.3) is 0 Å². The summed E-state index contributed by atoms with van der Waals surface area (Å²) < 4.78 is 12.5. The van der Waals surface area contributed by atoms with E-state index < -0.39 is 8.32 Å². The van der Waals surface area contributed by atoms with E-state index in [1.807, 2.05) is 0 Å². The second kappa shape index (κ2) is 6.95. The second-order valence-corrected chi connectivity index (χ2v) is 11.6. The molecule has 24 heavy (non-hydrogen) atoms. The molecular formula is C21H26O2Si. The molecule has 0 unspecified atom stereocenters. The molecule has 0 bridgehead atoms. The highest BCUT2D eigenvalue weighted by Gasteiger charge is 2.50. The second-order valence-electron chi connectivity index (χ2n) is 7.26. The van der Waals surface area contributed by atoms with E-state index >= 15 is 0 Å². The summed E-state index contributed by atoms with van der Waals surface area (Å²) in [5.41, 5.74) is 0. The van der Waals surface area contributed by atoms with Gasteiger partial charge < -0.3 is 9.16 Å². The molecule has 0 fully saturated rings. The highest BCUT2D eigenvalue weighted by atomic mass is 28.4. The van der Waals surface area contributed by atoms with Gasteiger partial charge in [0.25, 0.3) is 8.32 Å². The molecule has 3 heteroatoms. The summed E-state index contributed by atoms with van der Waals surface area (Å²) in [4.78, 5) is 0. The van der Waals surface area contributed by atoms with Crippen LogP contribution in [0.5, 0.6) is 0 Å². The number of ether oxygens (including phenoxy) is 1. The number of rotatable bonds is 5. The first kappa shape index (κ1) is 17.0. The van der Waals surface area contributed by atoms with Gasteiger partial charge in [-0.1, -0.05) is 81.4 Å². The predicted octanol–water partition coefficient (Wildman–Crippen LogP) is 3.87. The molecule has 2 aromatic carbocycles. The fraction of sp³-hybridized carbons (Fsp3) is 0.333. The lowest BCUT2D eigenvalue weighted by atomic mass is 10.2. The van der Waals surface area contributed by atoms with Gasteiger partial charge in [0.05, 0.1) is 13.2 Å². The first-order valence-electron chi connectivity index (χ1n) is 8.61. The predicted molar refractivity (Wildman–Crippen MR) is 102 cm³/mol. The Morgan fingerprint density at radius 1 is 0.917 bits per heavy atom. The van der Waals surface area contributed by atoms with E-state index in [1.54, 1.807) is 0 Å². The van der Waals surface area contributed by atoms with E-state index in [9.17, 15) is 0 Å². The third-order valence-corrected chi connectivity index (χ3v) is 9.61. The molecule has 0 atom stereocenters. The summed E-state index contributed by atoms with van der Waals surface area (Å²) in [5, 5.41) is 2.62. The monoisotopic (exact) mass is 338 g/mol. The van der Waals surface area contributed by atoms with E-state index in [4.69, 9.17) is 9.16 Å². The third kappa shape index (κ3) is 3.19. The van der Waals surface area contributed by atoms with Crippen molar-refractivity contribution in [1.82, 2.24) is 0 Å². The van der Waals surface area contributed by atoms with E-state index in [1.165, 1.54) is 10.4 Å². The first-order valence-corrected chi connectivity index (χ1v) is 10.5. The van der Waals surface area contributed by atoms with E-state index in [0.29, 0.717) is 6.61 Å². The Labute approximate surface area is 146 Å². The average Bonchev–Trinajstić information content (AvgIpc) is 3.10. The maximum absolute atomic E-state index is 6.80. The molecular weight excluding hydrogens is 312 g/mol. The van der Waals surface area contributed by atoms with Gasteiger partial charge >= 0.3 is 0 Å². The van der Waals surface area contributed by atoms with Crippen molar-refractivity contribution in [2.45, 2.75) is 32.2 Å². The zero-order valence-electron chi connectivity index (χ0n) is 14.8. The van der Waals surface area contributed by atoms with Crippen LogP contribution in [0.15, 0.2) is 72.5 Å². The Kier molecular flexibility index (Phi) is 4.92. The molecule has 0 aromatic heterocycles. The zero-order valence-corrected chi connectivity index (χ0v) is 15.8. The summed E-state index contributed by atoms with van der Waals surface area (Å²) in [6, 6.07) is 21.4. The molecule has 0 radical (unpaired) electrons. The molecule has 0 amide bonds. The Hall–Kier alpha value is -1.84. The molecule has 1 aliphatic rings. The Balaban J connectivity index is 2.09. The largest absolute Gasteiger partial charge is 0.496 e. The molecule has 0 saturated carbocycles. The van der Waals surface area contributed by atoms with E-state index in [2.05, 4.69) is 87.5 Å². The SMILES string of the molecule is CC(C)(C)[Si](OCC1=CCCO1)(c1ccccc1)c1ccccc1. The van der Waals surface area contributed by atoms with Gasteiger partial charge in [0.15, 0.2) is 0 Å². The smallest absolute Gasteiger partial charge is 0.261 e. The van der Waals surface area contributed by atoms with Crippen LogP contribution < -0.4 is 10.4 Å². The number of hydrogen-bond acceptors (Lipinski definition) is 2. The fourth-order valence-electron chi connectivity index (χ4n) is 3.51. The van der Waals surface area contributed by atoms with Crippen LogP contribution in [0, 0.1) is 0 Å². The number of benzene rings is 2. The van der Waals surface area contributed by atoms with Crippen molar-refractivity contribution in [2.24, 2.45) is 0 Å². The summed E-state index contributed by atoms with van der Waals surface area (Å²) in [7, 11) is -2.44. The summed E-state index contributed by atoms with van der Waals surface area (Å²) in [6.45, 7) is 8.21. The van der Waals surface area contributed by atoms with Crippen LogP contribution in [-0.2, 0) is 9.16 Å². The molecule has 1 heterocycles. The molecule has 0 spiro atoms. The third-order valence-electron chi connectivity index (χ3n) is 4.63. The van der Waals surface area contributed by atoms with Crippen LogP contribution in [0.1, 0.15) is 27.2 Å². The summed E-state index contributed by atoms with van der Waals surface area (Å²) in [6.07, 6.45) is 3.14. The zero-order chi connectivity index (χ0) is 17.0. The first-order chi connectivity index (χ1) is 11.5. The van der Waals surface area contributed by atoms with Gasteiger partial charge in [-0.2, -0.15) is 0 Å². The van der Waals surface area contributed by atoms with Gasteiger partial charge in [-0.3, -0.25) is 0 Å². The quantitative estimate of drug-likeness (QED) is 0.771. The molecule has 126 valence electrons. The molecule has 2 nitrogen and oxygen atoms in total. The molecule has 1 aliphatic heterocycles. The highest BCUT2D eigenvalue weighted by molar-refractivity contribution is 6.99. The van der Waals surface area contributed by atoms with Gasteiger partial charge in [-0.15, -0.1) is 0 Å². The van der Waals surface area contributed by atoms with Crippen molar-refractivity contribution < 1.29 is 9.16 Å². The van der Waals surface area contributed by atoms with Crippen LogP contribution >= 0.6 is 0 Å². The van der Waals surface area contributed by atoms with Gasteiger partial charge in [0, 0.05) is 6.42 Å². The average molecular weight is 339 g/mol. The van der Waals surface area contributed by atoms with Gasteiger partial charge in [0.2, 0.25) is 0 Å². The Morgan fingerprint density at radius 3 is 1.88 bits per heavy atom. The summed E-state index contributed by atoms with van der Waals surface area (Å²) >= 11 is 0. The molecule has 0 aliphatic carbocycles. The lowest BCUT2D eigenvalue weighted by molar-refractivity contribution is 0.189. The topological polar surface area (TPSA) is 18.5 Å². The van der Waals surface area contributed by atoms with E-state index in [-0.39, 0.29) is 5.04 Å². The van der Waals surface area contributed by atoms with Crippen LogP contribution in [0.4, 0.5) is 0 Å². The Bertz CT molecular complexity index is 647. The lowest BCUT2D eigenvalue weighted by Gasteiger charge is -2.43. The van der Waals surface area contributed by atoms with Gasteiger partial charge in [-0.25, -0.2) is 0 Å². The standard InChI is InChI=1S/C21H26O2Si/c1-21(2,3)24(19-12-6-4-7-13-19,20-14-8-5-9-15-20)23-17-18-11-10-16-22-18/h4-9,11-15H,10,16-17H2,1-3H3. The minimum absolute atomic E-state index is 0.00880. The maximum Gasteiger partial charge on any atom is 0.261 e. The molecule has 2 aromatic rings. The van der Waals surface area contributed by atoms with Crippen molar-refractivity contribution >= 4 is 18.7 Å². The Morgan fingerprint density at radius 2 is 1.46 bits per heavy atom. The molecule has 0 saturated heterocycles. The van der Waals surface area contributed by atoms with Crippen molar-refractivity contribution in [1.29, 1.82) is 0 Å². The van der Waals surface area contributed by atoms with Crippen molar-refractivity contribution in [3.63, 3.8) is 0 Å². The molecule has 3 rings (SSSR count).